The highest BCUT2D eigenvalue weighted by Gasteiger charge is 2.15. The summed E-state index contributed by atoms with van der Waals surface area (Å²) in [6.45, 7) is 2.10. The van der Waals surface area contributed by atoms with Gasteiger partial charge in [0.15, 0.2) is 0 Å². The molecule has 1 unspecified atom stereocenters. The molecule has 0 amide bonds. The number of benzene rings is 1. The van der Waals surface area contributed by atoms with Crippen molar-refractivity contribution < 1.29 is 0 Å². The van der Waals surface area contributed by atoms with Crippen molar-refractivity contribution in [2.75, 3.05) is 0 Å². The van der Waals surface area contributed by atoms with Crippen molar-refractivity contribution in [2.24, 2.45) is 12.9 Å². The lowest BCUT2D eigenvalue weighted by atomic mass is 10.0. The van der Waals surface area contributed by atoms with Crippen molar-refractivity contribution in [3.8, 4) is 0 Å². The van der Waals surface area contributed by atoms with Crippen LogP contribution in [0.1, 0.15) is 29.9 Å². The predicted molar refractivity (Wildman–Crippen MR) is 85.5 cm³/mol. The molecule has 3 N–H and O–H groups in total. The SMILES string of the molecule is CCc1cc(CC(NN)c2ccc(Cl)c(Br)c2)n(C)n1. The first kappa shape index (κ1) is 15.5. The average molecular weight is 358 g/mol. The zero-order valence-electron chi connectivity index (χ0n) is 11.5. The maximum atomic E-state index is 6.02. The van der Waals surface area contributed by atoms with Crippen molar-refractivity contribution in [1.29, 1.82) is 0 Å². The van der Waals surface area contributed by atoms with Crippen LogP contribution >= 0.6 is 27.5 Å². The Morgan fingerprint density at radius 2 is 2.20 bits per heavy atom. The van der Waals surface area contributed by atoms with Crippen molar-refractivity contribution >= 4 is 27.5 Å². The quantitative estimate of drug-likeness (QED) is 0.638. The summed E-state index contributed by atoms with van der Waals surface area (Å²) in [7, 11) is 1.96. The number of aromatic nitrogens is 2. The van der Waals surface area contributed by atoms with Gasteiger partial charge in [0.1, 0.15) is 0 Å². The minimum Gasteiger partial charge on any atom is -0.272 e. The summed E-state index contributed by atoms with van der Waals surface area (Å²) in [6, 6.07) is 7.98. The van der Waals surface area contributed by atoms with Crippen molar-refractivity contribution in [3.63, 3.8) is 0 Å². The molecule has 0 spiro atoms. The Balaban J connectivity index is 2.23. The molecule has 0 radical (unpaired) electrons. The van der Waals surface area contributed by atoms with Gasteiger partial charge < -0.3 is 0 Å². The van der Waals surface area contributed by atoms with Gasteiger partial charge in [0.25, 0.3) is 0 Å². The summed E-state index contributed by atoms with van der Waals surface area (Å²) in [5, 5.41) is 5.15. The van der Waals surface area contributed by atoms with E-state index in [0.717, 1.165) is 34.3 Å². The highest BCUT2D eigenvalue weighted by molar-refractivity contribution is 9.10. The molecular formula is C14H18BrClN4. The summed E-state index contributed by atoms with van der Waals surface area (Å²) < 4.78 is 2.78. The van der Waals surface area contributed by atoms with Crippen LogP contribution in [0.25, 0.3) is 0 Å². The highest BCUT2D eigenvalue weighted by atomic mass is 79.9. The Labute approximate surface area is 132 Å². The third-order valence-electron chi connectivity index (χ3n) is 3.35. The van der Waals surface area contributed by atoms with Crippen LogP contribution in [-0.4, -0.2) is 9.78 Å². The monoisotopic (exact) mass is 356 g/mol. The molecule has 1 heterocycles. The van der Waals surface area contributed by atoms with E-state index in [0.29, 0.717) is 5.02 Å². The van der Waals surface area contributed by atoms with Crippen LogP contribution in [0.15, 0.2) is 28.7 Å². The number of aryl methyl sites for hydroxylation is 2. The molecule has 0 saturated heterocycles. The molecule has 2 rings (SSSR count). The van der Waals surface area contributed by atoms with Gasteiger partial charge >= 0.3 is 0 Å². The molecule has 0 bridgehead atoms. The van der Waals surface area contributed by atoms with Gasteiger partial charge in [0.05, 0.1) is 16.8 Å². The van der Waals surface area contributed by atoms with Crippen LogP contribution in [0.2, 0.25) is 5.02 Å². The van der Waals surface area contributed by atoms with E-state index < -0.39 is 0 Å². The molecule has 0 aliphatic carbocycles. The lowest BCUT2D eigenvalue weighted by Gasteiger charge is -2.17. The Morgan fingerprint density at radius 1 is 1.45 bits per heavy atom. The fourth-order valence-corrected chi connectivity index (χ4v) is 2.66. The third-order valence-corrected chi connectivity index (χ3v) is 4.56. The van der Waals surface area contributed by atoms with Gasteiger partial charge in [-0.2, -0.15) is 5.10 Å². The second kappa shape index (κ2) is 6.72. The van der Waals surface area contributed by atoms with Crippen LogP contribution < -0.4 is 11.3 Å². The molecule has 4 nitrogen and oxygen atoms in total. The Bertz CT molecular complexity index is 597. The standard InChI is InChI=1S/C14H18BrClN4/c1-3-10-7-11(20(2)19-10)8-14(18-17)9-4-5-13(16)12(15)6-9/h4-7,14,18H,3,8,17H2,1-2H3. The normalized spacial score (nSPS) is 12.7. The molecule has 0 fully saturated rings. The smallest absolute Gasteiger partial charge is 0.0624 e. The highest BCUT2D eigenvalue weighted by Crippen LogP contribution is 2.27. The maximum Gasteiger partial charge on any atom is 0.0624 e. The van der Waals surface area contributed by atoms with Crippen molar-refractivity contribution in [3.05, 3.63) is 50.7 Å². The molecule has 1 aromatic heterocycles. The first-order chi connectivity index (χ1) is 9.55. The molecule has 0 aliphatic heterocycles. The number of halogens is 2. The largest absolute Gasteiger partial charge is 0.272 e. The summed E-state index contributed by atoms with van der Waals surface area (Å²) in [5.74, 6) is 5.70. The summed E-state index contributed by atoms with van der Waals surface area (Å²) in [5.41, 5.74) is 6.19. The average Bonchev–Trinajstić information content (AvgIpc) is 2.80. The third kappa shape index (κ3) is 3.41. The lowest BCUT2D eigenvalue weighted by Crippen LogP contribution is -2.30. The van der Waals surface area contributed by atoms with E-state index in [1.807, 2.05) is 29.9 Å². The number of rotatable bonds is 5. The van der Waals surface area contributed by atoms with Crippen molar-refractivity contribution in [1.82, 2.24) is 15.2 Å². The summed E-state index contributed by atoms with van der Waals surface area (Å²) in [4.78, 5) is 0. The molecule has 1 aromatic carbocycles. The van der Waals surface area contributed by atoms with Gasteiger partial charge in [0, 0.05) is 23.6 Å². The van der Waals surface area contributed by atoms with E-state index in [-0.39, 0.29) is 6.04 Å². The lowest BCUT2D eigenvalue weighted by molar-refractivity contribution is 0.529. The van der Waals surface area contributed by atoms with E-state index in [4.69, 9.17) is 17.4 Å². The van der Waals surface area contributed by atoms with Gasteiger partial charge in [-0.3, -0.25) is 16.0 Å². The molecule has 0 aliphatic rings. The Hall–Kier alpha value is -0.880. The van der Waals surface area contributed by atoms with E-state index in [1.165, 1.54) is 0 Å². The fourth-order valence-electron chi connectivity index (χ4n) is 2.15. The van der Waals surface area contributed by atoms with Crippen LogP contribution in [0.5, 0.6) is 0 Å². The van der Waals surface area contributed by atoms with Crippen molar-refractivity contribution in [2.45, 2.75) is 25.8 Å². The van der Waals surface area contributed by atoms with Gasteiger partial charge in [-0.15, -0.1) is 0 Å². The molecular weight excluding hydrogens is 340 g/mol. The van der Waals surface area contributed by atoms with E-state index in [1.54, 1.807) is 0 Å². The second-order valence-corrected chi connectivity index (χ2v) is 5.96. The predicted octanol–water partition coefficient (Wildman–Crippen LogP) is 3.15. The Kier molecular flexibility index (Phi) is 5.21. The second-order valence-electron chi connectivity index (χ2n) is 4.70. The van der Waals surface area contributed by atoms with Gasteiger partial charge in [-0.1, -0.05) is 24.6 Å². The number of nitrogens with zero attached hydrogens (tertiary/aromatic N) is 2. The molecule has 1 atom stereocenters. The number of hydrogen-bond acceptors (Lipinski definition) is 3. The number of hydrogen-bond donors (Lipinski definition) is 2. The van der Waals surface area contributed by atoms with Crippen LogP contribution in [0.3, 0.4) is 0 Å². The zero-order valence-corrected chi connectivity index (χ0v) is 13.9. The fraction of sp³-hybridized carbons (Fsp3) is 0.357. The van der Waals surface area contributed by atoms with Gasteiger partial charge in [0.2, 0.25) is 0 Å². The maximum absolute atomic E-state index is 6.02. The zero-order chi connectivity index (χ0) is 14.7. The molecule has 2 aromatic rings. The molecule has 20 heavy (non-hydrogen) atoms. The van der Waals surface area contributed by atoms with E-state index >= 15 is 0 Å². The minimum absolute atomic E-state index is 0.0173. The van der Waals surface area contributed by atoms with Gasteiger partial charge in [-0.25, -0.2) is 0 Å². The first-order valence-electron chi connectivity index (χ1n) is 6.48. The van der Waals surface area contributed by atoms with Crippen LogP contribution in [0.4, 0.5) is 0 Å². The minimum atomic E-state index is 0.0173. The summed E-state index contributed by atoms with van der Waals surface area (Å²) >= 11 is 9.46. The number of hydrazine groups is 1. The topological polar surface area (TPSA) is 55.9 Å². The van der Waals surface area contributed by atoms with Crippen LogP contribution in [0, 0.1) is 0 Å². The number of nitrogens with two attached hydrogens (primary N) is 1. The Morgan fingerprint density at radius 3 is 2.75 bits per heavy atom. The summed E-state index contributed by atoms with van der Waals surface area (Å²) in [6.07, 6.45) is 1.70. The molecule has 6 heteroatoms. The first-order valence-corrected chi connectivity index (χ1v) is 7.65. The molecule has 0 saturated carbocycles. The number of nitrogens with one attached hydrogen (secondary N) is 1. The van der Waals surface area contributed by atoms with Gasteiger partial charge in [-0.05, 0) is 46.1 Å². The van der Waals surface area contributed by atoms with E-state index in [2.05, 4.69) is 39.4 Å². The van der Waals surface area contributed by atoms with Crippen LogP contribution in [-0.2, 0) is 19.9 Å². The molecule has 108 valence electrons. The van der Waals surface area contributed by atoms with E-state index in [9.17, 15) is 0 Å².